The fourth-order valence-corrected chi connectivity index (χ4v) is 2.25. The Bertz CT molecular complexity index is 634. The molecule has 1 heterocycles. The number of nitrogens with zero attached hydrogens (tertiary/aromatic N) is 3. The number of nitriles is 1. The summed E-state index contributed by atoms with van der Waals surface area (Å²) in [7, 11) is 0. The minimum atomic E-state index is -0.497. The Balaban J connectivity index is 2.30. The van der Waals surface area contributed by atoms with Crippen LogP contribution in [0.25, 0.3) is 0 Å². The molecule has 1 N–H and O–H groups in total. The van der Waals surface area contributed by atoms with Crippen LogP contribution >= 0.6 is 11.3 Å². The maximum atomic E-state index is 11.0. The van der Waals surface area contributed by atoms with E-state index in [4.69, 9.17) is 5.26 Å². The molecule has 1 unspecified atom stereocenters. The summed E-state index contributed by atoms with van der Waals surface area (Å²) in [4.78, 5) is 15.5. The highest BCUT2D eigenvalue weighted by Gasteiger charge is 2.17. The molecule has 0 amide bonds. The molecule has 2 aromatic rings. The molecule has 0 bridgehead atoms. The van der Waals surface area contributed by atoms with Crippen LogP contribution in [-0.2, 0) is 0 Å². The van der Waals surface area contributed by atoms with Crippen molar-refractivity contribution in [3.63, 3.8) is 0 Å². The normalized spacial score (nSPS) is 11.6. The van der Waals surface area contributed by atoms with Crippen molar-refractivity contribution in [3.8, 4) is 6.07 Å². The molecule has 0 fully saturated rings. The van der Waals surface area contributed by atoms with Gasteiger partial charge in [-0.25, -0.2) is 0 Å². The average molecular weight is 274 g/mol. The minimum absolute atomic E-state index is 0.0841. The van der Waals surface area contributed by atoms with E-state index in [-0.39, 0.29) is 17.3 Å². The smallest absolute Gasteiger partial charge is 0.293 e. The second-order valence-corrected chi connectivity index (χ2v) is 4.79. The van der Waals surface area contributed by atoms with Gasteiger partial charge in [-0.15, -0.1) is 11.3 Å². The van der Waals surface area contributed by atoms with Crippen molar-refractivity contribution in [2.75, 3.05) is 5.32 Å². The van der Waals surface area contributed by atoms with Gasteiger partial charge < -0.3 is 5.32 Å². The predicted molar refractivity (Wildman–Crippen MR) is 72.0 cm³/mol. The first-order valence-corrected chi connectivity index (χ1v) is 6.33. The quantitative estimate of drug-likeness (QED) is 0.683. The lowest BCUT2D eigenvalue weighted by atomic mass is 10.1. The van der Waals surface area contributed by atoms with Gasteiger partial charge in [0, 0.05) is 17.1 Å². The molecule has 1 aromatic heterocycles. The lowest BCUT2D eigenvalue weighted by Gasteiger charge is -2.13. The van der Waals surface area contributed by atoms with Gasteiger partial charge in [-0.3, -0.25) is 15.1 Å². The molecule has 7 heteroatoms. The van der Waals surface area contributed by atoms with Gasteiger partial charge in [-0.2, -0.15) is 5.26 Å². The van der Waals surface area contributed by atoms with Crippen LogP contribution in [0, 0.1) is 21.4 Å². The Kier molecular flexibility index (Phi) is 3.73. The zero-order valence-corrected chi connectivity index (χ0v) is 10.8. The molecule has 6 nitrogen and oxygen atoms in total. The van der Waals surface area contributed by atoms with Crippen LogP contribution in [0.4, 0.5) is 11.4 Å². The second-order valence-electron chi connectivity index (χ2n) is 3.87. The maximum absolute atomic E-state index is 11.0. The van der Waals surface area contributed by atoms with Crippen LogP contribution in [0.1, 0.15) is 23.4 Å². The number of hydrogen-bond acceptors (Lipinski definition) is 6. The van der Waals surface area contributed by atoms with E-state index in [1.807, 2.05) is 13.0 Å². The Morgan fingerprint density at radius 3 is 2.95 bits per heavy atom. The molecule has 0 spiro atoms. The number of benzene rings is 1. The molecule has 0 saturated carbocycles. The SMILES string of the molecule is CC(Nc1ccc(C#N)cc1[N+](=O)[O-])c1cncs1. The van der Waals surface area contributed by atoms with E-state index in [9.17, 15) is 10.1 Å². The van der Waals surface area contributed by atoms with Crippen molar-refractivity contribution < 1.29 is 4.92 Å². The zero-order valence-electron chi connectivity index (χ0n) is 10.0. The summed E-state index contributed by atoms with van der Waals surface area (Å²) < 4.78 is 0. The first-order chi connectivity index (χ1) is 9.11. The van der Waals surface area contributed by atoms with E-state index in [0.29, 0.717) is 5.69 Å². The standard InChI is InChI=1S/C12H10N4O2S/c1-8(12-6-14-7-19-12)15-10-3-2-9(5-13)4-11(10)16(17)18/h2-4,6-8,15H,1H3. The molecule has 96 valence electrons. The van der Waals surface area contributed by atoms with Crippen molar-refractivity contribution in [2.45, 2.75) is 13.0 Å². The number of anilines is 1. The van der Waals surface area contributed by atoms with Crippen molar-refractivity contribution in [3.05, 3.63) is 50.5 Å². The minimum Gasteiger partial charge on any atom is -0.372 e. The van der Waals surface area contributed by atoms with Crippen LogP contribution in [-0.4, -0.2) is 9.91 Å². The van der Waals surface area contributed by atoms with E-state index in [1.165, 1.54) is 17.4 Å². The molecular weight excluding hydrogens is 264 g/mol. The topological polar surface area (TPSA) is 91.8 Å². The van der Waals surface area contributed by atoms with Crippen LogP contribution in [0.3, 0.4) is 0 Å². The number of nitro groups is 1. The van der Waals surface area contributed by atoms with Gasteiger partial charge in [0.1, 0.15) is 5.69 Å². The van der Waals surface area contributed by atoms with Crippen molar-refractivity contribution in [2.24, 2.45) is 0 Å². The van der Waals surface area contributed by atoms with Gasteiger partial charge in [0.15, 0.2) is 0 Å². The predicted octanol–water partition coefficient (Wildman–Crippen LogP) is 3.10. The zero-order chi connectivity index (χ0) is 13.8. The van der Waals surface area contributed by atoms with Crippen molar-refractivity contribution in [1.82, 2.24) is 4.98 Å². The largest absolute Gasteiger partial charge is 0.372 e. The fraction of sp³-hybridized carbons (Fsp3) is 0.167. The number of aromatic nitrogens is 1. The third-order valence-electron chi connectivity index (χ3n) is 2.57. The molecule has 2 rings (SSSR count). The number of thiazole rings is 1. The summed E-state index contributed by atoms with van der Waals surface area (Å²) in [5, 5.41) is 22.8. The van der Waals surface area contributed by atoms with E-state index < -0.39 is 4.92 Å². The molecule has 19 heavy (non-hydrogen) atoms. The number of rotatable bonds is 4. The Morgan fingerprint density at radius 2 is 2.37 bits per heavy atom. The molecule has 0 aliphatic heterocycles. The van der Waals surface area contributed by atoms with Crippen LogP contribution in [0.15, 0.2) is 29.9 Å². The second kappa shape index (κ2) is 5.46. The Labute approximate surface area is 113 Å². The summed E-state index contributed by atoms with van der Waals surface area (Å²) in [5.74, 6) is 0. The first kappa shape index (κ1) is 13.0. The molecular formula is C12H10N4O2S. The third kappa shape index (κ3) is 2.86. The van der Waals surface area contributed by atoms with Gasteiger partial charge in [-0.05, 0) is 19.1 Å². The van der Waals surface area contributed by atoms with Crippen molar-refractivity contribution >= 4 is 22.7 Å². The number of nitro benzene ring substituents is 1. The van der Waals surface area contributed by atoms with Gasteiger partial charge in [0.25, 0.3) is 5.69 Å². The van der Waals surface area contributed by atoms with Gasteiger partial charge in [-0.1, -0.05) is 0 Å². The highest BCUT2D eigenvalue weighted by Crippen LogP contribution is 2.29. The van der Waals surface area contributed by atoms with Crippen molar-refractivity contribution in [1.29, 1.82) is 5.26 Å². The Hall–Kier alpha value is -2.46. The molecule has 0 aliphatic carbocycles. The highest BCUT2D eigenvalue weighted by atomic mass is 32.1. The van der Waals surface area contributed by atoms with Crippen LogP contribution < -0.4 is 5.32 Å². The lowest BCUT2D eigenvalue weighted by Crippen LogP contribution is -2.07. The van der Waals surface area contributed by atoms with E-state index in [0.717, 1.165) is 4.88 Å². The number of hydrogen-bond donors (Lipinski definition) is 1. The molecule has 0 radical (unpaired) electrons. The first-order valence-electron chi connectivity index (χ1n) is 5.45. The monoisotopic (exact) mass is 274 g/mol. The number of nitrogens with one attached hydrogen (secondary N) is 1. The molecule has 0 aliphatic rings. The summed E-state index contributed by atoms with van der Waals surface area (Å²) in [6.45, 7) is 1.90. The van der Waals surface area contributed by atoms with Crippen LogP contribution in [0.5, 0.6) is 0 Å². The van der Waals surface area contributed by atoms with Gasteiger partial charge >= 0.3 is 0 Å². The van der Waals surface area contributed by atoms with E-state index in [1.54, 1.807) is 23.8 Å². The van der Waals surface area contributed by atoms with E-state index in [2.05, 4.69) is 10.3 Å². The van der Waals surface area contributed by atoms with Gasteiger partial charge in [0.05, 0.1) is 28.1 Å². The molecule has 0 saturated heterocycles. The summed E-state index contributed by atoms with van der Waals surface area (Å²) >= 11 is 1.48. The van der Waals surface area contributed by atoms with Gasteiger partial charge in [0.2, 0.25) is 0 Å². The lowest BCUT2D eigenvalue weighted by molar-refractivity contribution is -0.384. The summed E-state index contributed by atoms with van der Waals surface area (Å²) in [6.07, 6.45) is 1.72. The maximum Gasteiger partial charge on any atom is 0.293 e. The van der Waals surface area contributed by atoms with Crippen LogP contribution in [0.2, 0.25) is 0 Å². The summed E-state index contributed by atoms with van der Waals surface area (Å²) in [6, 6.07) is 6.17. The highest BCUT2D eigenvalue weighted by molar-refractivity contribution is 7.09. The third-order valence-corrected chi connectivity index (χ3v) is 3.53. The summed E-state index contributed by atoms with van der Waals surface area (Å²) in [5.41, 5.74) is 2.27. The fourth-order valence-electron chi connectivity index (χ4n) is 1.62. The van der Waals surface area contributed by atoms with E-state index >= 15 is 0 Å². The molecule has 1 aromatic carbocycles. The Morgan fingerprint density at radius 1 is 1.58 bits per heavy atom. The molecule has 1 atom stereocenters. The average Bonchev–Trinajstić information content (AvgIpc) is 2.92.